The van der Waals surface area contributed by atoms with Gasteiger partial charge in [-0.3, -0.25) is 14.5 Å². The summed E-state index contributed by atoms with van der Waals surface area (Å²) >= 11 is 0. The molecule has 0 spiro atoms. The zero-order valence-electron chi connectivity index (χ0n) is 10.3. The van der Waals surface area contributed by atoms with E-state index in [9.17, 15) is 9.59 Å². The smallest absolute Gasteiger partial charge is 0.310 e. The first kappa shape index (κ1) is 12.4. The van der Waals surface area contributed by atoms with Gasteiger partial charge in [-0.1, -0.05) is 0 Å². The number of carbonyl (C=O) groups excluding carboxylic acids is 2. The van der Waals surface area contributed by atoms with Crippen LogP contribution in [0.15, 0.2) is 0 Å². The second-order valence-electron chi connectivity index (χ2n) is 4.85. The van der Waals surface area contributed by atoms with Gasteiger partial charge in [-0.15, -0.1) is 0 Å². The standard InChI is InChI=1S/C12H20N2O3/c1-17-12(16)9-4-6-14(8-9)10-3-2-5-13-11(15)7-10/h9-10H,2-8H2,1H3,(H,13,15). The highest BCUT2D eigenvalue weighted by Crippen LogP contribution is 2.24. The van der Waals surface area contributed by atoms with Crippen molar-refractivity contribution in [2.24, 2.45) is 5.92 Å². The van der Waals surface area contributed by atoms with E-state index in [-0.39, 0.29) is 17.8 Å². The second kappa shape index (κ2) is 5.49. The molecule has 2 aliphatic rings. The summed E-state index contributed by atoms with van der Waals surface area (Å²) in [6.45, 7) is 2.42. The van der Waals surface area contributed by atoms with Gasteiger partial charge < -0.3 is 10.1 Å². The third-order valence-corrected chi connectivity index (χ3v) is 3.73. The molecule has 0 aromatic heterocycles. The normalized spacial score (nSPS) is 30.8. The van der Waals surface area contributed by atoms with E-state index in [0.29, 0.717) is 12.5 Å². The minimum atomic E-state index is -0.120. The van der Waals surface area contributed by atoms with E-state index < -0.39 is 0 Å². The Balaban J connectivity index is 1.90. The van der Waals surface area contributed by atoms with Gasteiger partial charge in [-0.25, -0.2) is 0 Å². The zero-order chi connectivity index (χ0) is 12.3. The number of hydrogen-bond donors (Lipinski definition) is 1. The van der Waals surface area contributed by atoms with Crippen LogP contribution in [-0.4, -0.2) is 49.6 Å². The molecule has 1 N–H and O–H groups in total. The lowest BCUT2D eigenvalue weighted by molar-refractivity contribution is -0.145. The molecule has 0 aromatic rings. The van der Waals surface area contributed by atoms with Crippen molar-refractivity contribution < 1.29 is 14.3 Å². The van der Waals surface area contributed by atoms with Crippen LogP contribution in [-0.2, 0) is 14.3 Å². The van der Waals surface area contributed by atoms with Crippen LogP contribution in [0, 0.1) is 5.92 Å². The largest absolute Gasteiger partial charge is 0.469 e. The summed E-state index contributed by atoms with van der Waals surface area (Å²) in [6.07, 6.45) is 3.47. The molecule has 0 bridgehead atoms. The molecule has 2 heterocycles. The summed E-state index contributed by atoms with van der Waals surface area (Å²) in [4.78, 5) is 25.2. The van der Waals surface area contributed by atoms with Crippen LogP contribution in [0.5, 0.6) is 0 Å². The Bertz CT molecular complexity index is 306. The maximum Gasteiger partial charge on any atom is 0.310 e. The van der Waals surface area contributed by atoms with Crippen molar-refractivity contribution in [3.63, 3.8) is 0 Å². The summed E-state index contributed by atoms with van der Waals surface area (Å²) in [5.74, 6) is 0.00547. The van der Waals surface area contributed by atoms with Crippen molar-refractivity contribution in [3.8, 4) is 0 Å². The van der Waals surface area contributed by atoms with Crippen molar-refractivity contribution in [1.82, 2.24) is 10.2 Å². The number of ether oxygens (including phenoxy) is 1. The Morgan fingerprint density at radius 1 is 1.47 bits per heavy atom. The van der Waals surface area contributed by atoms with Crippen molar-refractivity contribution in [2.45, 2.75) is 31.7 Å². The third kappa shape index (κ3) is 2.97. The fourth-order valence-corrected chi connectivity index (χ4v) is 2.74. The predicted octanol–water partition coefficient (Wildman–Crippen LogP) is 0.150. The molecule has 2 saturated heterocycles. The highest BCUT2D eigenvalue weighted by atomic mass is 16.5. The van der Waals surface area contributed by atoms with E-state index in [1.807, 2.05) is 0 Å². The van der Waals surface area contributed by atoms with Gasteiger partial charge in [0.1, 0.15) is 0 Å². The quantitative estimate of drug-likeness (QED) is 0.698. The van der Waals surface area contributed by atoms with Crippen LogP contribution in [0.3, 0.4) is 0 Å². The van der Waals surface area contributed by atoms with Crippen molar-refractivity contribution in [3.05, 3.63) is 0 Å². The van der Waals surface area contributed by atoms with Gasteiger partial charge in [0.25, 0.3) is 0 Å². The Hall–Kier alpha value is -1.10. The molecular formula is C12H20N2O3. The lowest BCUT2D eigenvalue weighted by Crippen LogP contribution is -2.36. The van der Waals surface area contributed by atoms with Crippen molar-refractivity contribution in [1.29, 1.82) is 0 Å². The van der Waals surface area contributed by atoms with E-state index in [2.05, 4.69) is 10.2 Å². The first-order valence-electron chi connectivity index (χ1n) is 6.29. The van der Waals surface area contributed by atoms with Gasteiger partial charge in [0.05, 0.1) is 13.0 Å². The maximum atomic E-state index is 11.5. The van der Waals surface area contributed by atoms with E-state index in [4.69, 9.17) is 4.74 Å². The topological polar surface area (TPSA) is 58.6 Å². The third-order valence-electron chi connectivity index (χ3n) is 3.73. The monoisotopic (exact) mass is 240 g/mol. The highest BCUT2D eigenvalue weighted by Gasteiger charge is 2.34. The number of carbonyl (C=O) groups is 2. The molecule has 0 aliphatic carbocycles. The van der Waals surface area contributed by atoms with Crippen LogP contribution < -0.4 is 5.32 Å². The van der Waals surface area contributed by atoms with Crippen LogP contribution in [0.1, 0.15) is 25.7 Å². The zero-order valence-corrected chi connectivity index (χ0v) is 10.3. The Morgan fingerprint density at radius 2 is 2.29 bits per heavy atom. The van der Waals surface area contributed by atoms with Gasteiger partial charge in [-0.05, 0) is 25.8 Å². The molecule has 1 amide bonds. The number of nitrogens with one attached hydrogen (secondary N) is 1. The van der Waals surface area contributed by atoms with Crippen LogP contribution >= 0.6 is 0 Å². The number of amides is 1. The molecule has 5 heteroatoms. The maximum absolute atomic E-state index is 11.5. The number of likely N-dealkylation sites (tertiary alicyclic amines) is 1. The second-order valence-corrected chi connectivity index (χ2v) is 4.85. The average Bonchev–Trinajstić information content (AvgIpc) is 2.72. The van der Waals surface area contributed by atoms with Crippen molar-refractivity contribution >= 4 is 11.9 Å². The van der Waals surface area contributed by atoms with Gasteiger partial charge in [0, 0.05) is 25.6 Å². The van der Waals surface area contributed by atoms with E-state index >= 15 is 0 Å². The summed E-state index contributed by atoms with van der Waals surface area (Å²) in [5, 5.41) is 2.89. The molecule has 2 rings (SSSR count). The molecule has 2 fully saturated rings. The molecule has 0 aromatic carbocycles. The molecule has 2 unspecified atom stereocenters. The molecule has 2 aliphatic heterocycles. The first-order chi connectivity index (χ1) is 8.20. The van der Waals surface area contributed by atoms with Gasteiger partial charge in [0.2, 0.25) is 5.91 Å². The fraction of sp³-hybridized carbons (Fsp3) is 0.833. The first-order valence-corrected chi connectivity index (χ1v) is 6.29. The Kier molecular flexibility index (Phi) is 3.99. The SMILES string of the molecule is COC(=O)C1CCN(C2CCCNC(=O)C2)C1. The van der Waals surface area contributed by atoms with Crippen LogP contribution in [0.4, 0.5) is 0 Å². The van der Waals surface area contributed by atoms with E-state index in [1.165, 1.54) is 7.11 Å². The number of methoxy groups -OCH3 is 1. The molecular weight excluding hydrogens is 220 g/mol. The van der Waals surface area contributed by atoms with E-state index in [1.54, 1.807) is 0 Å². The number of esters is 1. The highest BCUT2D eigenvalue weighted by molar-refractivity contribution is 5.77. The van der Waals surface area contributed by atoms with Crippen LogP contribution in [0.2, 0.25) is 0 Å². The average molecular weight is 240 g/mol. The van der Waals surface area contributed by atoms with Crippen LogP contribution in [0.25, 0.3) is 0 Å². The Morgan fingerprint density at radius 3 is 3.06 bits per heavy atom. The minimum absolute atomic E-state index is 0.00804. The van der Waals surface area contributed by atoms with Gasteiger partial charge >= 0.3 is 5.97 Å². The van der Waals surface area contributed by atoms with Gasteiger partial charge in [-0.2, -0.15) is 0 Å². The number of hydrogen-bond acceptors (Lipinski definition) is 4. The molecule has 0 saturated carbocycles. The molecule has 2 atom stereocenters. The van der Waals surface area contributed by atoms with Crippen molar-refractivity contribution in [2.75, 3.05) is 26.7 Å². The predicted molar refractivity (Wildman–Crippen MR) is 62.3 cm³/mol. The fourth-order valence-electron chi connectivity index (χ4n) is 2.74. The van der Waals surface area contributed by atoms with E-state index in [0.717, 1.165) is 38.9 Å². The lowest BCUT2D eigenvalue weighted by atomic mass is 10.1. The molecule has 96 valence electrons. The Labute approximate surface area is 101 Å². The molecule has 17 heavy (non-hydrogen) atoms. The van der Waals surface area contributed by atoms with Gasteiger partial charge in [0.15, 0.2) is 0 Å². The lowest BCUT2D eigenvalue weighted by Gasteiger charge is -2.25. The summed E-state index contributed by atoms with van der Waals surface area (Å²) in [5.41, 5.74) is 0. The minimum Gasteiger partial charge on any atom is -0.469 e. The molecule has 5 nitrogen and oxygen atoms in total. The summed E-state index contributed by atoms with van der Waals surface area (Å²) in [7, 11) is 1.43. The summed E-state index contributed by atoms with van der Waals surface area (Å²) in [6, 6.07) is 0.298. The summed E-state index contributed by atoms with van der Waals surface area (Å²) < 4.78 is 4.77. The number of rotatable bonds is 2. The molecule has 0 radical (unpaired) electrons. The number of nitrogens with zero attached hydrogens (tertiary/aromatic N) is 1.